The Morgan fingerprint density at radius 3 is 0.731 bits per heavy atom. The van der Waals surface area contributed by atoms with Crippen LogP contribution in [0.25, 0.3) is 0 Å². The van der Waals surface area contributed by atoms with Crippen molar-refractivity contribution in [3.8, 4) is 0 Å². The Morgan fingerprint density at radius 1 is 0.285 bits per heavy atom. The van der Waals surface area contributed by atoms with Crippen LogP contribution in [0.15, 0.2) is 36.5 Å². The molecule has 0 spiro atoms. The zero-order valence-corrected chi connectivity index (χ0v) is 74.7. The van der Waals surface area contributed by atoms with E-state index in [-0.39, 0.29) is 172 Å². The molecule has 5 aliphatic heterocycles. The van der Waals surface area contributed by atoms with Gasteiger partial charge in [0.15, 0.2) is 0 Å². The van der Waals surface area contributed by atoms with E-state index < -0.39 is 70.9 Å². The van der Waals surface area contributed by atoms with Gasteiger partial charge in [0.05, 0.1) is 224 Å². The average Bonchev–Trinajstić information content (AvgIpc) is 1.64. The first kappa shape index (κ1) is 122. The molecule has 10 amide bonds. The van der Waals surface area contributed by atoms with Crippen LogP contribution in [0.5, 0.6) is 0 Å². The summed E-state index contributed by atoms with van der Waals surface area (Å²) in [5.74, 6) is -9.18. The predicted molar refractivity (Wildman–Crippen MR) is 451 cm³/mol. The van der Waals surface area contributed by atoms with Crippen LogP contribution in [0.4, 0.5) is 0 Å². The van der Waals surface area contributed by atoms with Crippen LogP contribution in [0.2, 0.25) is 0 Å². The fraction of sp³-hybridized carbons (Fsp3) is 0.714. The molecule has 0 radical (unpaired) electrons. The minimum absolute atomic E-state index is 0. The largest absolute Gasteiger partial charge is 0.481 e. The maximum atomic E-state index is 11.8. The summed E-state index contributed by atoms with van der Waals surface area (Å²) >= 11 is 0. The van der Waals surface area contributed by atoms with Crippen molar-refractivity contribution in [2.45, 2.75) is 157 Å². The number of hydroxylamine groups is 4. The van der Waals surface area contributed by atoms with E-state index in [1.165, 1.54) is 24.3 Å². The molecule has 0 atom stereocenters. The summed E-state index contributed by atoms with van der Waals surface area (Å²) in [7, 11) is 0. The van der Waals surface area contributed by atoms with Gasteiger partial charge in [0, 0.05) is 140 Å². The lowest BCUT2D eigenvalue weighted by molar-refractivity contribution is -0.198. The zero-order valence-electron chi connectivity index (χ0n) is 74.7. The fourth-order valence-corrected chi connectivity index (χ4v) is 9.71. The molecule has 0 aromatic carbocycles. The number of rotatable bonds is 73. The van der Waals surface area contributed by atoms with Crippen LogP contribution in [0.3, 0.4) is 0 Å². The van der Waals surface area contributed by atoms with E-state index in [2.05, 4.69) is 4.84 Å². The number of carbonyl (C=O) groups excluding carboxylic acids is 15. The average molecular weight is 1870 g/mol. The highest BCUT2D eigenvalue weighted by Crippen LogP contribution is 2.16. The molecule has 130 heavy (non-hydrogen) atoms. The van der Waals surface area contributed by atoms with Crippen molar-refractivity contribution >= 4 is 106 Å². The van der Waals surface area contributed by atoms with Gasteiger partial charge in [-0.25, -0.2) is 9.59 Å². The van der Waals surface area contributed by atoms with Crippen molar-refractivity contribution in [2.24, 2.45) is 5.73 Å². The topological polar surface area (TPSA) is 586 Å². The Labute approximate surface area is 756 Å². The molecule has 0 unspecified atom stereocenters. The number of aliphatic carboxylic acids is 3. The van der Waals surface area contributed by atoms with Gasteiger partial charge in [-0.1, -0.05) is 21.3 Å². The number of ether oxygens (including phenoxy) is 17. The van der Waals surface area contributed by atoms with Crippen LogP contribution >= 0.6 is 0 Å². The van der Waals surface area contributed by atoms with Gasteiger partial charge in [0.2, 0.25) is 0 Å². The minimum Gasteiger partial charge on any atom is -0.481 e. The summed E-state index contributed by atoms with van der Waals surface area (Å²) in [6.07, 6.45) is 9.80. The van der Waals surface area contributed by atoms with Gasteiger partial charge in [-0.3, -0.25) is 91.4 Å². The Morgan fingerprint density at radius 2 is 0.492 bits per heavy atom. The summed E-state index contributed by atoms with van der Waals surface area (Å²) in [4.78, 5) is 214. The van der Waals surface area contributed by atoms with E-state index in [9.17, 15) is 86.3 Å². The molecule has 5 rings (SSSR count). The van der Waals surface area contributed by atoms with E-state index in [1.807, 2.05) is 34.6 Å². The predicted octanol–water partition coefficient (Wildman–Crippen LogP) is 1.61. The maximum Gasteiger partial charge on any atom is 0.335 e. The van der Waals surface area contributed by atoms with Gasteiger partial charge in [0.25, 0.3) is 59.1 Å². The second-order valence-corrected chi connectivity index (χ2v) is 27.6. The standard InChI is InChI=1S/C23H32N2O11.C19H29NO9.C17H32O8.C11H10N2O6.C11H23NO6.C2H6.CH4/c26-18(7-9-24-19(27)3-4-20(24)28)2-1-10-32-12-14-34-16-17-35-15-13-33-11-8-23(31)36-25-21(29)5-6-22(25)30;21-16(5-7-20-17(22)3-4-18(20)23)2-1-8-26-10-12-28-14-15-29-13-11-27-9-6-19(24)25;1-17(2,3)25-16(20)5-4-7-21-9-11-23-13-14-24-12-10-22-8-6-15(18)19;14-7-1-2-8(15)12(7)6-5-11(18)19-13-9(16)3-4-10(13)17;12-2-4-16-6-8-18-10-9-17-7-5-15-3-1-11(13)14;1-2;/h3-4H,1-2,5-17H2;3-4H,1-2,5-15H2,(H,24,25);4-14H2,1-3H3,(H,18,19);1-2H,3-6H2;1-10,12H2,(H,13,14);1-2H3;1H4. The minimum atomic E-state index is -0.890. The molecule has 2 saturated heterocycles. The molecule has 0 saturated carbocycles. The monoisotopic (exact) mass is 1870 g/mol. The van der Waals surface area contributed by atoms with Gasteiger partial charge in [-0.15, -0.1) is 10.1 Å². The number of Topliss-reactive ketones (excluding diaryl/α,β-unsaturated/α-hetero) is 2. The lowest BCUT2D eigenvalue weighted by Crippen LogP contribution is -2.35. The van der Waals surface area contributed by atoms with Crippen molar-refractivity contribution in [1.82, 2.24) is 24.8 Å². The summed E-state index contributed by atoms with van der Waals surface area (Å²) in [5.41, 5.74) is 4.80. The Hall–Kier alpha value is -9.60. The molecule has 2 fully saturated rings. The number of hydrogen-bond donors (Lipinski definition) is 4. The number of carboxylic acids is 3. The number of carbonyl (C=O) groups is 18. The molecular weight excluding hydrogens is 1730 g/mol. The zero-order chi connectivity index (χ0) is 95.9. The number of ketones is 2. The number of nitrogens with two attached hydrogens (primary N) is 1. The highest BCUT2D eigenvalue weighted by atomic mass is 16.7. The van der Waals surface area contributed by atoms with Gasteiger partial charge >= 0.3 is 35.8 Å². The molecule has 46 heteroatoms. The summed E-state index contributed by atoms with van der Waals surface area (Å²) in [6, 6.07) is 0. The second kappa shape index (κ2) is 81.4. The van der Waals surface area contributed by atoms with Crippen LogP contribution in [0, 0.1) is 0 Å². The van der Waals surface area contributed by atoms with E-state index in [0.717, 1.165) is 26.9 Å². The third-order valence-electron chi connectivity index (χ3n) is 16.0. The maximum absolute atomic E-state index is 11.8. The first-order valence-corrected chi connectivity index (χ1v) is 42.5. The van der Waals surface area contributed by atoms with Crippen molar-refractivity contribution in [1.29, 1.82) is 0 Å². The van der Waals surface area contributed by atoms with Crippen molar-refractivity contribution < 1.29 is 192 Å². The smallest absolute Gasteiger partial charge is 0.335 e. The molecule has 5 N–H and O–H groups in total. The fourth-order valence-electron chi connectivity index (χ4n) is 9.71. The number of amides is 10. The first-order valence-electron chi connectivity index (χ1n) is 42.5. The first-order chi connectivity index (χ1) is 61.9. The van der Waals surface area contributed by atoms with E-state index in [4.69, 9.17) is 106 Å². The lowest BCUT2D eigenvalue weighted by atomic mass is 10.1. The quantitative estimate of drug-likeness (QED) is 0.0382. The summed E-state index contributed by atoms with van der Waals surface area (Å²) in [6.45, 7) is 22.6. The molecule has 0 aromatic heterocycles. The Kier molecular flexibility index (Phi) is 76.7. The van der Waals surface area contributed by atoms with Crippen molar-refractivity contribution in [2.75, 3.05) is 238 Å². The molecule has 5 heterocycles. The number of imide groups is 5. The van der Waals surface area contributed by atoms with E-state index in [1.54, 1.807) is 0 Å². The SMILES string of the molecule is C.CC.CC(C)(C)OC(=O)CCCOCCOCCOCCOCCC(=O)O.NCCOCCOCCOCCOCCC(=O)O.O=C(CCCOCCOCCOCCOCCC(=O)ON1C(=O)CCC1=O)CCN1C(=O)C=CC1=O.O=C(CCN1C(=O)C=CC1=O)ON1C(=O)CCC1=O.O=C(O)CCOCCOCCOCCOCCCC(=O)CCN1C(=O)C=CC1=O. The highest BCUT2D eigenvalue weighted by Gasteiger charge is 2.35. The Balaban J connectivity index is 0. The van der Waals surface area contributed by atoms with Crippen LogP contribution < -0.4 is 5.73 Å². The molecule has 46 nitrogen and oxygen atoms in total. The summed E-state index contributed by atoms with van der Waals surface area (Å²) in [5, 5.41) is 26.1. The normalized spacial score (nSPS) is 13.8. The van der Waals surface area contributed by atoms with Gasteiger partial charge in [-0.05, 0) is 40.0 Å². The molecule has 0 aliphatic carbocycles. The molecule has 0 bridgehead atoms. The van der Waals surface area contributed by atoms with E-state index >= 15 is 0 Å². The number of nitrogens with zero attached hydrogens (tertiary/aromatic N) is 5. The van der Waals surface area contributed by atoms with E-state index in [0.29, 0.717) is 234 Å². The highest BCUT2D eigenvalue weighted by molar-refractivity contribution is 6.14. The summed E-state index contributed by atoms with van der Waals surface area (Å²) < 4.78 is 89.2. The number of carboxylic acid groups (broad SMARTS) is 3. The van der Waals surface area contributed by atoms with Crippen molar-refractivity contribution in [3.63, 3.8) is 0 Å². The van der Waals surface area contributed by atoms with Gasteiger partial charge < -0.3 is 111 Å². The molecular formula is C84H136N6O40. The van der Waals surface area contributed by atoms with Crippen LogP contribution in [0.1, 0.15) is 151 Å². The third kappa shape index (κ3) is 70.3. The van der Waals surface area contributed by atoms with Gasteiger partial charge in [0.1, 0.15) is 17.2 Å². The van der Waals surface area contributed by atoms with Crippen LogP contribution in [-0.2, 0) is 177 Å². The third-order valence-corrected chi connectivity index (χ3v) is 16.0. The Bertz CT molecular complexity index is 3320. The molecule has 742 valence electrons. The molecule has 5 aliphatic rings. The van der Waals surface area contributed by atoms with Crippen molar-refractivity contribution in [3.05, 3.63) is 36.5 Å². The second-order valence-electron chi connectivity index (χ2n) is 27.6. The van der Waals surface area contributed by atoms with Gasteiger partial charge in [-0.2, -0.15) is 0 Å². The number of hydrogen-bond acceptors (Lipinski definition) is 38. The number of esters is 1. The lowest BCUT2D eigenvalue weighted by Gasteiger charge is -2.19. The molecule has 0 aromatic rings. The van der Waals surface area contributed by atoms with Crippen LogP contribution in [-0.4, -0.2) is 390 Å².